The number of aromatic amines is 1. The van der Waals surface area contributed by atoms with Gasteiger partial charge in [0.25, 0.3) is 5.56 Å². The van der Waals surface area contributed by atoms with E-state index in [0.29, 0.717) is 29.8 Å². The van der Waals surface area contributed by atoms with Gasteiger partial charge in [-0.05, 0) is 25.1 Å². The summed E-state index contributed by atoms with van der Waals surface area (Å²) < 4.78 is 13.8. The van der Waals surface area contributed by atoms with E-state index in [9.17, 15) is 9.18 Å². The molecule has 2 aromatic heterocycles. The van der Waals surface area contributed by atoms with Crippen LogP contribution in [0.2, 0.25) is 0 Å². The number of aryl methyl sites for hydroxylation is 1. The molecule has 0 spiro atoms. The molecule has 8 heteroatoms. The highest BCUT2D eigenvalue weighted by atomic mass is 32.2. The lowest BCUT2D eigenvalue weighted by molar-refractivity contribution is 0.579. The van der Waals surface area contributed by atoms with Crippen LogP contribution in [0.25, 0.3) is 0 Å². The highest BCUT2D eigenvalue weighted by molar-refractivity contribution is 7.99. The Labute approximate surface area is 125 Å². The van der Waals surface area contributed by atoms with Crippen LogP contribution in [0.4, 0.5) is 10.3 Å². The molecule has 0 amide bonds. The number of anilines is 1. The first-order valence-corrected chi connectivity index (χ1v) is 7.48. The Morgan fingerprint density at radius 1 is 1.38 bits per heavy atom. The Morgan fingerprint density at radius 2 is 2.19 bits per heavy atom. The molecule has 2 N–H and O–H groups in total. The van der Waals surface area contributed by atoms with Crippen molar-refractivity contribution in [3.63, 3.8) is 0 Å². The predicted molar refractivity (Wildman–Crippen MR) is 79.1 cm³/mol. The molecule has 0 bridgehead atoms. The fraction of sp³-hybridized carbons (Fsp3) is 0.385. The lowest BCUT2D eigenvalue weighted by Crippen LogP contribution is -2.10. The van der Waals surface area contributed by atoms with E-state index in [1.807, 2.05) is 13.8 Å². The van der Waals surface area contributed by atoms with Gasteiger partial charge < -0.3 is 10.3 Å². The van der Waals surface area contributed by atoms with Crippen molar-refractivity contribution < 1.29 is 4.39 Å². The average molecular weight is 309 g/mol. The molecule has 21 heavy (non-hydrogen) atoms. The predicted octanol–water partition coefficient (Wildman–Crippen LogP) is 2.23. The number of H-pyrrole nitrogens is 1. The first-order chi connectivity index (χ1) is 10.1. The van der Waals surface area contributed by atoms with Crippen LogP contribution < -0.4 is 10.9 Å². The van der Waals surface area contributed by atoms with E-state index in [1.165, 1.54) is 6.07 Å². The summed E-state index contributed by atoms with van der Waals surface area (Å²) >= 11 is 0.976. The quantitative estimate of drug-likeness (QED) is 0.629. The van der Waals surface area contributed by atoms with Crippen molar-refractivity contribution in [3.8, 4) is 0 Å². The summed E-state index contributed by atoms with van der Waals surface area (Å²) in [5.41, 5.74) is 0.433. The number of nitrogens with zero attached hydrogens (tertiary/aromatic N) is 3. The minimum absolute atomic E-state index is 0.123. The van der Waals surface area contributed by atoms with Crippen molar-refractivity contribution in [1.82, 2.24) is 19.9 Å². The van der Waals surface area contributed by atoms with Crippen molar-refractivity contribution in [3.05, 3.63) is 34.1 Å². The average Bonchev–Trinajstić information content (AvgIpc) is 2.42. The molecule has 0 saturated carbocycles. The zero-order valence-electron chi connectivity index (χ0n) is 11.8. The van der Waals surface area contributed by atoms with E-state index in [1.54, 1.807) is 0 Å². The monoisotopic (exact) mass is 309 g/mol. The third-order valence-corrected chi connectivity index (χ3v) is 3.39. The van der Waals surface area contributed by atoms with E-state index in [4.69, 9.17) is 0 Å². The second kappa shape index (κ2) is 7.16. The highest BCUT2D eigenvalue weighted by Gasteiger charge is 2.11. The number of hydrogen-bond donors (Lipinski definition) is 2. The van der Waals surface area contributed by atoms with Crippen molar-refractivity contribution in [2.75, 3.05) is 11.9 Å². The summed E-state index contributed by atoms with van der Waals surface area (Å²) in [4.78, 5) is 26.4. The van der Waals surface area contributed by atoms with Crippen LogP contribution in [0.5, 0.6) is 0 Å². The van der Waals surface area contributed by atoms with Gasteiger partial charge in [-0.3, -0.25) is 4.79 Å². The van der Waals surface area contributed by atoms with Crippen LogP contribution in [-0.2, 0) is 6.42 Å². The van der Waals surface area contributed by atoms with Gasteiger partial charge in [-0.15, -0.1) is 0 Å². The maximum atomic E-state index is 13.8. The van der Waals surface area contributed by atoms with Crippen LogP contribution in [0.1, 0.15) is 26.0 Å². The number of nitrogens with one attached hydrogen (secondary N) is 2. The second-order valence-corrected chi connectivity index (χ2v) is 5.25. The number of rotatable bonds is 6. The van der Waals surface area contributed by atoms with Crippen molar-refractivity contribution in [2.45, 2.75) is 36.9 Å². The molecule has 0 unspecified atom stereocenters. The molecule has 6 nitrogen and oxygen atoms in total. The van der Waals surface area contributed by atoms with Gasteiger partial charge in [0.05, 0.1) is 6.20 Å². The van der Waals surface area contributed by atoms with Crippen molar-refractivity contribution in [1.29, 1.82) is 0 Å². The van der Waals surface area contributed by atoms with E-state index in [2.05, 4.69) is 25.3 Å². The minimum Gasteiger partial charge on any atom is -0.354 e. The lowest BCUT2D eigenvalue weighted by Gasteiger charge is -2.06. The van der Waals surface area contributed by atoms with E-state index >= 15 is 0 Å². The van der Waals surface area contributed by atoms with Gasteiger partial charge in [0, 0.05) is 18.3 Å². The van der Waals surface area contributed by atoms with Gasteiger partial charge in [-0.25, -0.2) is 19.3 Å². The summed E-state index contributed by atoms with van der Waals surface area (Å²) in [6.45, 7) is 4.53. The molecule has 2 rings (SSSR count). The molecule has 0 fully saturated rings. The molecule has 112 valence electrons. The van der Waals surface area contributed by atoms with Gasteiger partial charge >= 0.3 is 0 Å². The van der Waals surface area contributed by atoms with Crippen molar-refractivity contribution in [2.24, 2.45) is 0 Å². The first kappa shape index (κ1) is 15.4. The fourth-order valence-corrected chi connectivity index (χ4v) is 2.45. The second-order valence-electron chi connectivity index (χ2n) is 4.27. The Balaban J connectivity index is 2.28. The van der Waals surface area contributed by atoms with Crippen LogP contribution in [0.15, 0.2) is 27.2 Å². The summed E-state index contributed by atoms with van der Waals surface area (Å²) in [5, 5.41) is 3.36. The maximum absolute atomic E-state index is 13.8. The zero-order valence-corrected chi connectivity index (χ0v) is 12.6. The maximum Gasteiger partial charge on any atom is 0.251 e. The van der Waals surface area contributed by atoms with Crippen LogP contribution in [0, 0.1) is 5.82 Å². The highest BCUT2D eigenvalue weighted by Crippen LogP contribution is 2.25. The summed E-state index contributed by atoms with van der Waals surface area (Å²) in [7, 11) is 0. The molecule has 0 aliphatic rings. The third kappa shape index (κ3) is 4.25. The number of aromatic nitrogens is 4. The van der Waals surface area contributed by atoms with Gasteiger partial charge in [0.2, 0.25) is 5.95 Å². The molecule has 2 aromatic rings. The zero-order chi connectivity index (χ0) is 15.2. The largest absolute Gasteiger partial charge is 0.354 e. The van der Waals surface area contributed by atoms with Gasteiger partial charge in [-0.1, -0.05) is 13.3 Å². The Hall–Kier alpha value is -1.96. The molecular formula is C13H16FN5OS. The Morgan fingerprint density at radius 3 is 2.90 bits per heavy atom. The topological polar surface area (TPSA) is 83.6 Å². The van der Waals surface area contributed by atoms with Crippen LogP contribution in [-0.4, -0.2) is 26.5 Å². The molecule has 0 radical (unpaired) electrons. The van der Waals surface area contributed by atoms with E-state index < -0.39 is 5.82 Å². The molecule has 0 aromatic carbocycles. The summed E-state index contributed by atoms with van der Waals surface area (Å²) in [6.07, 6.45) is 2.68. The molecule has 0 aliphatic heterocycles. The van der Waals surface area contributed by atoms with Gasteiger partial charge in [0.1, 0.15) is 5.03 Å². The first-order valence-electron chi connectivity index (χ1n) is 6.66. The molecule has 0 atom stereocenters. The lowest BCUT2D eigenvalue weighted by atomic mass is 10.2. The SMILES string of the molecule is CCCc1cc(=O)[nH]c(Sc2nc(NCC)ncc2F)n1. The van der Waals surface area contributed by atoms with Gasteiger partial charge in [0.15, 0.2) is 11.0 Å². The molecular weight excluding hydrogens is 293 g/mol. The summed E-state index contributed by atoms with van der Waals surface area (Å²) in [6, 6.07) is 1.45. The smallest absolute Gasteiger partial charge is 0.251 e. The molecule has 0 saturated heterocycles. The Kier molecular flexibility index (Phi) is 5.26. The van der Waals surface area contributed by atoms with Gasteiger partial charge in [-0.2, -0.15) is 0 Å². The van der Waals surface area contributed by atoms with Crippen LogP contribution >= 0.6 is 11.8 Å². The molecule has 2 heterocycles. The van der Waals surface area contributed by atoms with Crippen LogP contribution in [0.3, 0.4) is 0 Å². The Bertz CT molecular complexity index is 676. The third-order valence-electron chi connectivity index (χ3n) is 2.52. The van der Waals surface area contributed by atoms with Crippen molar-refractivity contribution >= 4 is 17.7 Å². The van der Waals surface area contributed by atoms with E-state index in [-0.39, 0.29) is 10.6 Å². The molecule has 0 aliphatic carbocycles. The summed E-state index contributed by atoms with van der Waals surface area (Å²) in [5.74, 6) is -0.210. The number of halogens is 1. The normalized spacial score (nSPS) is 10.6. The standard InChI is InChI=1S/C13H16FN5OS/c1-3-5-8-6-10(20)18-13(17-8)21-11-9(14)7-16-12(19-11)15-4-2/h6-7H,3-5H2,1-2H3,(H,15,16,19)(H,17,18,20). The van der Waals surface area contributed by atoms with E-state index in [0.717, 1.165) is 24.4 Å². The minimum atomic E-state index is -0.551. The number of hydrogen-bond acceptors (Lipinski definition) is 6. The fourth-order valence-electron chi connectivity index (χ4n) is 1.67.